The normalized spacial score (nSPS) is 40.5. The van der Waals surface area contributed by atoms with E-state index in [0.717, 1.165) is 32.2 Å². The maximum atomic E-state index is 11.6. The Labute approximate surface area is 63.0 Å². The first-order chi connectivity index (χ1) is 4.67. The van der Waals surface area contributed by atoms with Gasteiger partial charge >= 0.3 is 0 Å². The van der Waals surface area contributed by atoms with Gasteiger partial charge in [-0.05, 0) is 6.42 Å². The van der Waals surface area contributed by atoms with Crippen molar-refractivity contribution < 1.29 is 4.65 Å². The molecule has 1 heterocycles. The van der Waals surface area contributed by atoms with Crippen molar-refractivity contribution in [2.24, 2.45) is 0 Å². The van der Waals surface area contributed by atoms with Crippen molar-refractivity contribution in [3.05, 3.63) is 5.21 Å². The average Bonchev–Trinajstić information content (AvgIpc) is 2.13. The molecule has 1 aliphatic heterocycles. The van der Waals surface area contributed by atoms with Crippen LogP contribution in [0, 0.1) is 5.21 Å². The molecule has 2 heteroatoms. The van der Waals surface area contributed by atoms with Crippen molar-refractivity contribution in [3.63, 3.8) is 0 Å². The molecule has 0 unspecified atom stereocenters. The van der Waals surface area contributed by atoms with E-state index in [0.29, 0.717) is 6.04 Å². The number of nitrogens with zero attached hydrogens (tertiary/aromatic N) is 1. The summed E-state index contributed by atoms with van der Waals surface area (Å²) in [6.45, 7) is 2.99. The van der Waals surface area contributed by atoms with Crippen LogP contribution in [-0.4, -0.2) is 24.3 Å². The molecule has 0 radical (unpaired) electrons. The Hall–Kier alpha value is -0.0800. The van der Waals surface area contributed by atoms with Gasteiger partial charge in [-0.15, -0.1) is 0 Å². The van der Waals surface area contributed by atoms with Gasteiger partial charge in [0.2, 0.25) is 0 Å². The van der Waals surface area contributed by atoms with Crippen LogP contribution in [0.25, 0.3) is 0 Å². The average molecular weight is 143 g/mol. The van der Waals surface area contributed by atoms with Crippen LogP contribution in [0.3, 0.4) is 0 Å². The lowest BCUT2D eigenvalue weighted by molar-refractivity contribution is -0.873. The SMILES string of the molecule is CCC[C@@H]1CCC[N@+]1(C)[O-]. The second-order valence-electron chi connectivity index (χ2n) is 3.48. The third-order valence-corrected chi connectivity index (χ3v) is 2.53. The molecule has 1 aliphatic rings. The van der Waals surface area contributed by atoms with E-state index in [4.69, 9.17) is 0 Å². The molecule has 2 atom stereocenters. The first-order valence-electron chi connectivity index (χ1n) is 4.23. The van der Waals surface area contributed by atoms with Gasteiger partial charge in [0.15, 0.2) is 0 Å². The predicted molar refractivity (Wildman–Crippen MR) is 42.3 cm³/mol. The fourth-order valence-corrected chi connectivity index (χ4v) is 1.85. The number of hydrogen-bond acceptors (Lipinski definition) is 1. The van der Waals surface area contributed by atoms with E-state index >= 15 is 0 Å². The molecule has 1 saturated heterocycles. The second kappa shape index (κ2) is 2.89. The van der Waals surface area contributed by atoms with Gasteiger partial charge in [0.05, 0.1) is 19.6 Å². The smallest absolute Gasteiger partial charge is 0.0887 e. The molecule has 1 fully saturated rings. The van der Waals surface area contributed by atoms with Gasteiger partial charge in [-0.25, -0.2) is 0 Å². The number of quaternary nitrogens is 1. The number of likely N-dealkylation sites (tertiary alicyclic amines) is 1. The van der Waals surface area contributed by atoms with Crippen LogP contribution >= 0.6 is 0 Å². The van der Waals surface area contributed by atoms with Gasteiger partial charge in [0.1, 0.15) is 0 Å². The van der Waals surface area contributed by atoms with Crippen LogP contribution in [0.5, 0.6) is 0 Å². The van der Waals surface area contributed by atoms with E-state index in [-0.39, 0.29) is 4.65 Å². The van der Waals surface area contributed by atoms with E-state index in [2.05, 4.69) is 6.92 Å². The molecule has 10 heavy (non-hydrogen) atoms. The van der Waals surface area contributed by atoms with Crippen LogP contribution in [-0.2, 0) is 0 Å². The van der Waals surface area contributed by atoms with Gasteiger partial charge in [-0.1, -0.05) is 13.3 Å². The highest BCUT2D eigenvalue weighted by molar-refractivity contribution is 4.66. The van der Waals surface area contributed by atoms with Crippen molar-refractivity contribution >= 4 is 0 Å². The molecule has 0 aromatic rings. The second-order valence-corrected chi connectivity index (χ2v) is 3.48. The molecule has 0 aromatic carbocycles. The van der Waals surface area contributed by atoms with Crippen LogP contribution < -0.4 is 0 Å². The van der Waals surface area contributed by atoms with E-state index in [1.165, 1.54) is 0 Å². The predicted octanol–water partition coefficient (Wildman–Crippen LogP) is 1.89. The van der Waals surface area contributed by atoms with Crippen LogP contribution in [0.4, 0.5) is 0 Å². The highest BCUT2D eigenvalue weighted by atomic mass is 16.5. The number of rotatable bonds is 2. The largest absolute Gasteiger partial charge is 0.633 e. The molecule has 1 rings (SSSR count). The van der Waals surface area contributed by atoms with Gasteiger partial charge in [-0.2, -0.15) is 0 Å². The summed E-state index contributed by atoms with van der Waals surface area (Å²) in [6, 6.07) is 0.407. The molecule has 0 aliphatic carbocycles. The standard InChI is InChI=1S/C8H17NO/c1-3-5-8-6-4-7-9(8,2)10/h8H,3-7H2,1-2H3/t8-,9+/m1/s1. The lowest BCUT2D eigenvalue weighted by atomic mass is 10.1. The summed E-state index contributed by atoms with van der Waals surface area (Å²) in [5.41, 5.74) is 0. The zero-order chi connectivity index (χ0) is 7.61. The van der Waals surface area contributed by atoms with Crippen LogP contribution in [0.2, 0.25) is 0 Å². The highest BCUT2D eigenvalue weighted by Gasteiger charge is 2.29. The quantitative estimate of drug-likeness (QED) is 0.427. The lowest BCUT2D eigenvalue weighted by Gasteiger charge is -2.40. The summed E-state index contributed by atoms with van der Waals surface area (Å²) < 4.78 is 0.0217. The molecule has 0 amide bonds. The molecule has 60 valence electrons. The van der Waals surface area contributed by atoms with Gasteiger partial charge in [0, 0.05) is 12.8 Å². The summed E-state index contributed by atoms with van der Waals surface area (Å²) in [6.07, 6.45) is 4.54. The molecule has 0 spiro atoms. The lowest BCUT2D eigenvalue weighted by Crippen LogP contribution is -2.41. The third kappa shape index (κ3) is 1.50. The Morgan fingerprint density at radius 1 is 1.60 bits per heavy atom. The molecule has 0 aromatic heterocycles. The molecular weight excluding hydrogens is 126 g/mol. The van der Waals surface area contributed by atoms with Crippen molar-refractivity contribution in [1.82, 2.24) is 0 Å². The molecule has 0 saturated carbocycles. The molecule has 0 bridgehead atoms. The van der Waals surface area contributed by atoms with Crippen molar-refractivity contribution in [2.45, 2.75) is 38.6 Å². The fourth-order valence-electron chi connectivity index (χ4n) is 1.85. The zero-order valence-corrected chi connectivity index (χ0v) is 6.97. The summed E-state index contributed by atoms with van der Waals surface area (Å²) in [5.74, 6) is 0. The first-order valence-corrected chi connectivity index (χ1v) is 4.23. The van der Waals surface area contributed by atoms with E-state index in [9.17, 15) is 5.21 Å². The third-order valence-electron chi connectivity index (χ3n) is 2.53. The molecule has 0 N–H and O–H groups in total. The van der Waals surface area contributed by atoms with Crippen molar-refractivity contribution in [1.29, 1.82) is 0 Å². The van der Waals surface area contributed by atoms with Crippen LogP contribution in [0.1, 0.15) is 32.6 Å². The van der Waals surface area contributed by atoms with Crippen molar-refractivity contribution in [3.8, 4) is 0 Å². The minimum absolute atomic E-state index is 0.0217. The number of hydroxylamine groups is 3. The van der Waals surface area contributed by atoms with Crippen molar-refractivity contribution in [2.75, 3.05) is 13.6 Å². The minimum atomic E-state index is 0.0217. The fraction of sp³-hybridized carbons (Fsp3) is 1.00. The minimum Gasteiger partial charge on any atom is -0.633 e. The highest BCUT2D eigenvalue weighted by Crippen LogP contribution is 2.26. The summed E-state index contributed by atoms with van der Waals surface area (Å²) in [7, 11) is 1.81. The van der Waals surface area contributed by atoms with Gasteiger partial charge in [0.25, 0.3) is 0 Å². The summed E-state index contributed by atoms with van der Waals surface area (Å²) in [4.78, 5) is 0. The summed E-state index contributed by atoms with van der Waals surface area (Å²) in [5, 5.41) is 11.6. The Bertz CT molecular complexity index is 112. The summed E-state index contributed by atoms with van der Waals surface area (Å²) >= 11 is 0. The molecule has 2 nitrogen and oxygen atoms in total. The van der Waals surface area contributed by atoms with E-state index in [1.807, 2.05) is 7.05 Å². The monoisotopic (exact) mass is 143 g/mol. The van der Waals surface area contributed by atoms with E-state index < -0.39 is 0 Å². The maximum Gasteiger partial charge on any atom is 0.0887 e. The zero-order valence-electron chi connectivity index (χ0n) is 6.97. The Kier molecular flexibility index (Phi) is 2.32. The Morgan fingerprint density at radius 3 is 2.70 bits per heavy atom. The van der Waals surface area contributed by atoms with E-state index in [1.54, 1.807) is 0 Å². The Morgan fingerprint density at radius 2 is 2.30 bits per heavy atom. The Balaban J connectivity index is 2.43. The first kappa shape index (κ1) is 8.02. The topological polar surface area (TPSA) is 23.1 Å². The maximum absolute atomic E-state index is 11.6. The van der Waals surface area contributed by atoms with Gasteiger partial charge in [-0.3, -0.25) is 0 Å². The molecular formula is C8H17NO. The van der Waals surface area contributed by atoms with Gasteiger partial charge < -0.3 is 9.85 Å². The number of hydrogen-bond donors (Lipinski definition) is 0. The van der Waals surface area contributed by atoms with Crippen LogP contribution in [0.15, 0.2) is 0 Å².